The Morgan fingerprint density at radius 1 is 1.24 bits per heavy atom. The summed E-state index contributed by atoms with van der Waals surface area (Å²) in [4.78, 5) is 10.8. The van der Waals surface area contributed by atoms with Crippen LogP contribution in [0.15, 0.2) is 24.3 Å². The molecule has 6 nitrogen and oxygen atoms in total. The number of aromatic hydroxyl groups is 1. The van der Waals surface area contributed by atoms with E-state index in [1.165, 1.54) is 31.4 Å². The summed E-state index contributed by atoms with van der Waals surface area (Å²) in [6.45, 7) is 0. The summed E-state index contributed by atoms with van der Waals surface area (Å²) in [5, 5.41) is 8.86. The van der Waals surface area contributed by atoms with Crippen LogP contribution in [0.4, 0.5) is 0 Å². The third-order valence-corrected chi connectivity index (χ3v) is 1.29. The second-order valence-corrected chi connectivity index (χ2v) is 2.65. The predicted octanol–water partition coefficient (Wildman–Crippen LogP) is -5.82. The van der Waals surface area contributed by atoms with Crippen LogP contribution in [0, 0.1) is 0 Å². The largest absolute Gasteiger partial charge is 1.00 e. The Bertz CT molecular complexity index is 338. The molecule has 17 heavy (non-hydrogen) atoms. The van der Waals surface area contributed by atoms with E-state index < -0.39 is 17.3 Å². The molecule has 0 aromatic heterocycles. The van der Waals surface area contributed by atoms with Gasteiger partial charge in [-0.3, -0.25) is 4.21 Å². The molecule has 0 aliphatic carbocycles. The number of rotatable bonds is 1. The molecule has 0 spiro atoms. The van der Waals surface area contributed by atoms with Crippen molar-refractivity contribution in [2.75, 3.05) is 7.11 Å². The maximum atomic E-state index is 10.8. The molecule has 9 heteroatoms. The average Bonchev–Trinajstić information content (AvgIpc) is 2.17. The molecule has 0 amide bonds. The Morgan fingerprint density at radius 2 is 1.59 bits per heavy atom. The van der Waals surface area contributed by atoms with E-state index in [0.29, 0.717) is 5.56 Å². The van der Waals surface area contributed by atoms with Crippen LogP contribution < -0.4 is 59.1 Å². The second-order valence-electron chi connectivity index (χ2n) is 2.24. The SMILES string of the molecule is COC(=O)c1ccc(O)cc1.O=S([O-])[O-].[Na+].[Na+]. The average molecular weight is 278 g/mol. The zero-order valence-electron chi connectivity index (χ0n) is 9.71. The molecular weight excluding hydrogens is 270 g/mol. The van der Waals surface area contributed by atoms with E-state index in [1.54, 1.807) is 0 Å². The number of benzene rings is 1. The Hall–Kier alpha value is 0.560. The maximum Gasteiger partial charge on any atom is 1.00 e. The number of phenolic OH excluding ortho intramolecular Hbond substituents is 1. The predicted molar refractivity (Wildman–Crippen MR) is 49.1 cm³/mol. The van der Waals surface area contributed by atoms with Gasteiger partial charge in [0.05, 0.1) is 12.7 Å². The number of ether oxygens (including phenoxy) is 1. The van der Waals surface area contributed by atoms with Gasteiger partial charge in [0.1, 0.15) is 5.75 Å². The molecule has 0 aliphatic rings. The Morgan fingerprint density at radius 3 is 1.88 bits per heavy atom. The van der Waals surface area contributed by atoms with Gasteiger partial charge in [-0.25, -0.2) is 4.79 Å². The summed E-state index contributed by atoms with van der Waals surface area (Å²) >= 11 is -3.11. The van der Waals surface area contributed by atoms with E-state index in [2.05, 4.69) is 4.74 Å². The van der Waals surface area contributed by atoms with Crippen LogP contribution in [0.5, 0.6) is 5.75 Å². The van der Waals surface area contributed by atoms with E-state index in [9.17, 15) is 4.79 Å². The van der Waals surface area contributed by atoms with Gasteiger partial charge in [0, 0.05) is 0 Å². The van der Waals surface area contributed by atoms with Crippen LogP contribution in [0.2, 0.25) is 0 Å². The first-order valence-corrected chi connectivity index (χ1v) is 4.61. The zero-order chi connectivity index (χ0) is 11.8. The van der Waals surface area contributed by atoms with Gasteiger partial charge in [-0.15, -0.1) is 11.4 Å². The van der Waals surface area contributed by atoms with Crippen molar-refractivity contribution < 1.29 is 87.1 Å². The minimum atomic E-state index is -3.11. The zero-order valence-corrected chi connectivity index (χ0v) is 14.5. The van der Waals surface area contributed by atoms with Crippen molar-refractivity contribution in [2.45, 2.75) is 0 Å². The van der Waals surface area contributed by atoms with Crippen LogP contribution in [0.1, 0.15) is 10.4 Å². The van der Waals surface area contributed by atoms with E-state index in [0.717, 1.165) is 0 Å². The molecular formula is C8H8Na2O6S. The molecule has 84 valence electrons. The van der Waals surface area contributed by atoms with Crippen molar-refractivity contribution in [1.29, 1.82) is 0 Å². The molecule has 0 atom stereocenters. The van der Waals surface area contributed by atoms with Gasteiger partial charge in [-0.2, -0.15) is 0 Å². The number of hydrogen-bond donors (Lipinski definition) is 1. The number of carbonyl (C=O) groups excluding carboxylic acids is 1. The standard InChI is InChI=1S/C8H8O3.2Na.H2O3S/c1-11-8(10)6-2-4-7(9)5-3-6;;;1-4(2)3/h2-5,9H,1H3;;;(H2,1,2,3)/q;2*+1;/p-2. The minimum Gasteiger partial charge on any atom is -0.784 e. The first-order valence-electron chi connectivity index (χ1n) is 3.61. The summed E-state index contributed by atoms with van der Waals surface area (Å²) < 4.78 is 29.8. The molecule has 1 rings (SSSR count). The fraction of sp³-hybridized carbons (Fsp3) is 0.125. The summed E-state index contributed by atoms with van der Waals surface area (Å²) in [5.74, 6) is -0.261. The van der Waals surface area contributed by atoms with E-state index >= 15 is 0 Å². The Kier molecular flexibility index (Phi) is 17.4. The minimum absolute atomic E-state index is 0. The fourth-order valence-electron chi connectivity index (χ4n) is 0.715. The van der Waals surface area contributed by atoms with Gasteiger partial charge in [-0.05, 0) is 24.3 Å². The summed E-state index contributed by atoms with van der Waals surface area (Å²) in [5.41, 5.74) is 0.435. The van der Waals surface area contributed by atoms with Crippen molar-refractivity contribution >= 4 is 17.3 Å². The fourth-order valence-corrected chi connectivity index (χ4v) is 0.715. The molecule has 0 bridgehead atoms. The van der Waals surface area contributed by atoms with Crippen LogP contribution in [0.25, 0.3) is 0 Å². The number of carbonyl (C=O) groups is 1. The van der Waals surface area contributed by atoms with E-state index in [-0.39, 0.29) is 64.9 Å². The molecule has 0 saturated heterocycles. The molecule has 1 aromatic carbocycles. The van der Waals surface area contributed by atoms with Crippen molar-refractivity contribution in [1.82, 2.24) is 0 Å². The topological polar surface area (TPSA) is 110 Å². The van der Waals surface area contributed by atoms with Gasteiger partial charge < -0.3 is 18.9 Å². The molecule has 1 aromatic rings. The first kappa shape index (κ1) is 22.7. The van der Waals surface area contributed by atoms with E-state index in [1.807, 2.05) is 0 Å². The number of methoxy groups -OCH3 is 1. The van der Waals surface area contributed by atoms with Gasteiger partial charge in [-0.1, -0.05) is 0 Å². The number of phenols is 1. The van der Waals surface area contributed by atoms with Crippen molar-refractivity contribution in [3.8, 4) is 5.75 Å². The summed E-state index contributed by atoms with van der Waals surface area (Å²) in [6, 6.07) is 5.88. The quantitative estimate of drug-likeness (QED) is 0.311. The molecule has 0 saturated carbocycles. The monoisotopic (exact) mass is 278 g/mol. The Balaban J connectivity index is -0.000000289. The van der Waals surface area contributed by atoms with Crippen LogP contribution in [-0.4, -0.2) is 31.5 Å². The smallest absolute Gasteiger partial charge is 0.784 e. The second kappa shape index (κ2) is 13.0. The van der Waals surface area contributed by atoms with Gasteiger partial charge >= 0.3 is 65.1 Å². The van der Waals surface area contributed by atoms with Crippen molar-refractivity contribution in [2.24, 2.45) is 0 Å². The first-order chi connectivity index (χ1) is 6.97. The summed E-state index contributed by atoms with van der Waals surface area (Å²) in [6.07, 6.45) is 0. The number of hydrogen-bond acceptors (Lipinski definition) is 6. The normalized spacial score (nSPS) is 8.00. The van der Waals surface area contributed by atoms with Crippen LogP contribution in [0.3, 0.4) is 0 Å². The third kappa shape index (κ3) is 12.8. The van der Waals surface area contributed by atoms with Crippen LogP contribution >= 0.6 is 0 Å². The maximum absolute atomic E-state index is 10.8. The molecule has 1 N–H and O–H groups in total. The summed E-state index contributed by atoms with van der Waals surface area (Å²) in [7, 11) is 1.31. The van der Waals surface area contributed by atoms with Crippen molar-refractivity contribution in [3.05, 3.63) is 29.8 Å². The molecule has 0 heterocycles. The molecule has 0 radical (unpaired) electrons. The Labute approximate surface area is 145 Å². The molecule has 0 unspecified atom stereocenters. The van der Waals surface area contributed by atoms with Gasteiger partial charge in [0.15, 0.2) is 0 Å². The van der Waals surface area contributed by atoms with Crippen LogP contribution in [-0.2, 0) is 16.1 Å². The third-order valence-electron chi connectivity index (χ3n) is 1.29. The number of esters is 1. The van der Waals surface area contributed by atoms with E-state index in [4.69, 9.17) is 18.4 Å². The van der Waals surface area contributed by atoms with Gasteiger partial charge in [0.2, 0.25) is 0 Å². The van der Waals surface area contributed by atoms with Crippen molar-refractivity contribution in [3.63, 3.8) is 0 Å². The molecule has 0 fully saturated rings. The molecule has 0 aliphatic heterocycles. The van der Waals surface area contributed by atoms with Gasteiger partial charge in [0.25, 0.3) is 0 Å².